The number of sulfonamides is 1. The van der Waals surface area contributed by atoms with Gasteiger partial charge in [0.15, 0.2) is 5.88 Å². The van der Waals surface area contributed by atoms with Crippen molar-refractivity contribution in [3.63, 3.8) is 0 Å². The summed E-state index contributed by atoms with van der Waals surface area (Å²) in [6.07, 6.45) is 3.17. The van der Waals surface area contributed by atoms with E-state index in [2.05, 4.69) is 4.98 Å². The fourth-order valence-electron chi connectivity index (χ4n) is 6.75. The van der Waals surface area contributed by atoms with Gasteiger partial charge in [-0.15, -0.1) is 0 Å². The van der Waals surface area contributed by atoms with Crippen LogP contribution in [0.2, 0.25) is 0 Å². The zero-order valence-electron chi connectivity index (χ0n) is 29.0. The van der Waals surface area contributed by atoms with Crippen LogP contribution in [-0.4, -0.2) is 82.7 Å². The fourth-order valence-corrected chi connectivity index (χ4v) is 7.48. The third-order valence-corrected chi connectivity index (χ3v) is 10.9. The van der Waals surface area contributed by atoms with Gasteiger partial charge in [-0.05, 0) is 68.4 Å². The number of amides is 1. The SMILES string of the molecule is COc1cc(C(=O)N2CCC(N)(C(=O)OCc3ccccc3)CC2)cc2nc(-c3cc4ccc(N(C(F)F)S(C)(=O)=O)nc4n3CC3CC3)c(C)n12. The first-order chi connectivity index (χ1) is 24.8. The number of piperidine rings is 1. The molecule has 2 N–H and O–H groups in total. The highest BCUT2D eigenvalue weighted by Gasteiger charge is 2.40. The summed E-state index contributed by atoms with van der Waals surface area (Å²) in [5.74, 6) is -0.426. The van der Waals surface area contributed by atoms with E-state index in [4.69, 9.17) is 20.2 Å². The van der Waals surface area contributed by atoms with Crippen LogP contribution in [0, 0.1) is 12.8 Å². The number of aromatic nitrogens is 4. The molecule has 0 unspecified atom stereocenters. The molecule has 13 nitrogen and oxygen atoms in total. The Labute approximate surface area is 299 Å². The second-order valence-corrected chi connectivity index (χ2v) is 15.4. The molecule has 0 spiro atoms. The van der Waals surface area contributed by atoms with Gasteiger partial charge in [-0.2, -0.15) is 13.1 Å². The molecule has 0 atom stereocenters. The Balaban J connectivity index is 1.18. The molecular formula is C36H39F2N7O6S. The van der Waals surface area contributed by atoms with E-state index in [1.165, 1.54) is 13.2 Å². The number of nitrogens with zero attached hydrogens (tertiary/aromatic N) is 6. The monoisotopic (exact) mass is 735 g/mol. The number of carbonyl (C=O) groups is 2. The average Bonchev–Trinajstić information content (AvgIpc) is 3.79. The van der Waals surface area contributed by atoms with Gasteiger partial charge in [0.1, 0.15) is 35.0 Å². The maximum Gasteiger partial charge on any atom is 0.329 e. The van der Waals surface area contributed by atoms with Gasteiger partial charge in [-0.1, -0.05) is 30.3 Å². The lowest BCUT2D eigenvalue weighted by atomic mass is 9.88. The molecule has 16 heteroatoms. The predicted molar refractivity (Wildman–Crippen MR) is 190 cm³/mol. The number of hydrogen-bond acceptors (Lipinski definition) is 9. The van der Waals surface area contributed by atoms with E-state index in [1.807, 2.05) is 47.9 Å². The Morgan fingerprint density at radius 3 is 2.40 bits per heavy atom. The maximum absolute atomic E-state index is 13.9. The molecule has 5 heterocycles. The molecular weight excluding hydrogens is 697 g/mol. The van der Waals surface area contributed by atoms with Crippen molar-refractivity contribution >= 4 is 44.4 Å². The highest BCUT2D eigenvalue weighted by Crippen LogP contribution is 2.38. The number of hydrogen-bond donors (Lipinski definition) is 1. The molecule has 1 saturated carbocycles. The largest absolute Gasteiger partial charge is 0.482 e. The van der Waals surface area contributed by atoms with Crippen LogP contribution in [0.25, 0.3) is 28.1 Å². The van der Waals surface area contributed by atoms with Crippen LogP contribution < -0.4 is 14.8 Å². The number of likely N-dealkylation sites (tertiary alicyclic amines) is 1. The van der Waals surface area contributed by atoms with Gasteiger partial charge in [0.25, 0.3) is 5.91 Å². The van der Waals surface area contributed by atoms with Gasteiger partial charge < -0.3 is 24.7 Å². The lowest BCUT2D eigenvalue weighted by Gasteiger charge is -2.37. The molecule has 274 valence electrons. The van der Waals surface area contributed by atoms with E-state index >= 15 is 0 Å². The van der Waals surface area contributed by atoms with Gasteiger partial charge in [0.2, 0.25) is 10.0 Å². The average molecular weight is 736 g/mol. The number of fused-ring (bicyclic) bond motifs is 2. The van der Waals surface area contributed by atoms with E-state index in [1.54, 1.807) is 27.5 Å². The molecule has 0 radical (unpaired) electrons. The molecule has 2 fully saturated rings. The zero-order valence-corrected chi connectivity index (χ0v) is 29.8. The van der Waals surface area contributed by atoms with E-state index in [9.17, 15) is 26.8 Å². The Hall–Kier alpha value is -5.09. The number of rotatable bonds is 11. The minimum absolute atomic E-state index is 0.00761. The fraction of sp³-hybridized carbons (Fsp3) is 0.389. The number of imidazole rings is 1. The maximum atomic E-state index is 13.9. The van der Waals surface area contributed by atoms with Crippen molar-refractivity contribution in [2.24, 2.45) is 11.7 Å². The summed E-state index contributed by atoms with van der Waals surface area (Å²) >= 11 is 0. The first-order valence-electron chi connectivity index (χ1n) is 16.9. The molecule has 7 rings (SSSR count). The van der Waals surface area contributed by atoms with Crippen molar-refractivity contribution in [3.05, 3.63) is 77.5 Å². The van der Waals surface area contributed by atoms with Gasteiger partial charge >= 0.3 is 12.5 Å². The third kappa shape index (κ3) is 6.67. The summed E-state index contributed by atoms with van der Waals surface area (Å²) in [5.41, 5.74) is 9.21. The summed E-state index contributed by atoms with van der Waals surface area (Å²) in [5, 5.41) is 0.631. The molecule has 4 aromatic heterocycles. The van der Waals surface area contributed by atoms with E-state index in [0.717, 1.165) is 18.4 Å². The minimum atomic E-state index is -4.30. The quantitative estimate of drug-likeness (QED) is 0.150. The molecule has 1 saturated heterocycles. The second-order valence-electron chi connectivity index (χ2n) is 13.5. The molecule has 2 aliphatic rings. The number of benzene rings is 1. The van der Waals surface area contributed by atoms with Crippen molar-refractivity contribution in [1.82, 2.24) is 23.8 Å². The van der Waals surface area contributed by atoms with Crippen molar-refractivity contribution in [2.75, 3.05) is 30.8 Å². The van der Waals surface area contributed by atoms with E-state index in [-0.39, 0.29) is 48.6 Å². The number of alkyl halides is 2. The first-order valence-corrected chi connectivity index (χ1v) is 18.8. The molecule has 52 heavy (non-hydrogen) atoms. The summed E-state index contributed by atoms with van der Waals surface area (Å²) in [7, 11) is -2.80. The Bertz CT molecular complexity index is 2280. The summed E-state index contributed by atoms with van der Waals surface area (Å²) in [6, 6.07) is 17.4. The van der Waals surface area contributed by atoms with Gasteiger partial charge in [0, 0.05) is 36.7 Å². The van der Waals surface area contributed by atoms with Crippen LogP contribution >= 0.6 is 0 Å². The number of anilines is 1. The number of pyridine rings is 2. The smallest absolute Gasteiger partial charge is 0.329 e. The number of esters is 1. The van der Waals surface area contributed by atoms with Crippen LogP contribution in [0.4, 0.5) is 14.6 Å². The van der Waals surface area contributed by atoms with Crippen molar-refractivity contribution in [1.29, 1.82) is 0 Å². The zero-order chi connectivity index (χ0) is 36.9. The predicted octanol–water partition coefficient (Wildman–Crippen LogP) is 4.74. The Kier molecular flexibility index (Phi) is 9.15. The standard InChI is InChI=1S/C36H39F2N7O6S/c1-22-31(27-17-25-11-12-28(45(35(37)38)52(3,48)49)41-32(25)43(27)20-23-9-10-23)40-29-18-26(19-30(50-2)44(22)29)33(46)42-15-13-36(39,14-16-42)34(47)51-21-24-7-5-4-6-8-24/h4-8,11-12,17-19,23,35H,9-10,13-16,20-21,39H2,1-3H3. The number of halogens is 2. The van der Waals surface area contributed by atoms with E-state index < -0.39 is 28.1 Å². The third-order valence-electron chi connectivity index (χ3n) is 9.81. The molecule has 0 bridgehead atoms. The van der Waals surface area contributed by atoms with Crippen molar-refractivity contribution < 1.29 is 36.3 Å². The minimum Gasteiger partial charge on any atom is -0.482 e. The topological polar surface area (TPSA) is 154 Å². The Morgan fingerprint density at radius 2 is 1.77 bits per heavy atom. The van der Waals surface area contributed by atoms with Crippen LogP contribution in [-0.2, 0) is 32.7 Å². The number of aryl methyl sites for hydroxylation is 1. The van der Waals surface area contributed by atoms with Crippen LogP contribution in [0.3, 0.4) is 0 Å². The molecule has 1 aliphatic heterocycles. The summed E-state index contributed by atoms with van der Waals surface area (Å²) in [4.78, 5) is 37.8. The second kappa shape index (κ2) is 13.5. The highest BCUT2D eigenvalue weighted by atomic mass is 32.2. The van der Waals surface area contributed by atoms with Crippen molar-refractivity contribution in [2.45, 2.75) is 57.8 Å². The molecule has 1 aliphatic carbocycles. The lowest BCUT2D eigenvalue weighted by molar-refractivity contribution is -0.153. The molecule has 5 aromatic rings. The highest BCUT2D eigenvalue weighted by molar-refractivity contribution is 7.92. The van der Waals surface area contributed by atoms with Gasteiger partial charge in [-0.25, -0.2) is 18.4 Å². The number of nitrogens with two attached hydrogens (primary N) is 1. The van der Waals surface area contributed by atoms with Gasteiger partial charge in [-0.3, -0.25) is 14.0 Å². The Morgan fingerprint density at radius 1 is 1.06 bits per heavy atom. The van der Waals surface area contributed by atoms with Crippen LogP contribution in [0.1, 0.15) is 47.3 Å². The summed E-state index contributed by atoms with van der Waals surface area (Å²) in [6.45, 7) is -0.288. The normalized spacial score (nSPS) is 16.1. The van der Waals surface area contributed by atoms with Crippen LogP contribution in [0.5, 0.6) is 5.88 Å². The number of ether oxygens (including phenoxy) is 2. The van der Waals surface area contributed by atoms with Crippen molar-refractivity contribution in [3.8, 4) is 17.3 Å². The first kappa shape index (κ1) is 35.3. The molecule has 1 aromatic carbocycles. The summed E-state index contributed by atoms with van der Waals surface area (Å²) < 4.78 is 67.2. The van der Waals surface area contributed by atoms with Crippen LogP contribution in [0.15, 0.2) is 60.7 Å². The lowest BCUT2D eigenvalue weighted by Crippen LogP contribution is -2.57. The number of carbonyl (C=O) groups excluding carboxylic acids is 2. The molecule has 1 amide bonds. The van der Waals surface area contributed by atoms with Gasteiger partial charge in [0.05, 0.1) is 24.8 Å². The number of methoxy groups -OCH3 is 1. The van der Waals surface area contributed by atoms with E-state index in [0.29, 0.717) is 63.9 Å².